The van der Waals surface area contributed by atoms with Crippen molar-refractivity contribution >= 4 is 5.91 Å². The van der Waals surface area contributed by atoms with Gasteiger partial charge in [0, 0.05) is 38.7 Å². The second-order valence-electron chi connectivity index (χ2n) is 7.76. The van der Waals surface area contributed by atoms with Crippen molar-refractivity contribution in [2.45, 2.75) is 50.0 Å². The average molecular weight is 413 g/mol. The van der Waals surface area contributed by atoms with Gasteiger partial charge in [-0.3, -0.25) is 14.8 Å². The second-order valence-corrected chi connectivity index (χ2v) is 7.76. The number of carbonyl (C=O) groups is 1. The van der Waals surface area contributed by atoms with Crippen molar-refractivity contribution in [2.75, 3.05) is 13.6 Å². The first kappa shape index (κ1) is 21.4. The third-order valence-corrected chi connectivity index (χ3v) is 5.33. The lowest BCUT2D eigenvalue weighted by atomic mass is 9.78. The van der Waals surface area contributed by atoms with Crippen LogP contribution in [0.2, 0.25) is 0 Å². The van der Waals surface area contributed by atoms with Gasteiger partial charge in [-0.05, 0) is 31.0 Å². The van der Waals surface area contributed by atoms with Gasteiger partial charge in [0.25, 0.3) is 0 Å². The number of amides is 1. The van der Waals surface area contributed by atoms with E-state index in [1.54, 1.807) is 10.0 Å². The van der Waals surface area contributed by atoms with Crippen LogP contribution in [0.25, 0.3) is 0 Å². The van der Waals surface area contributed by atoms with Crippen LogP contribution in [0.15, 0.2) is 36.2 Å². The van der Waals surface area contributed by atoms with Crippen molar-refractivity contribution < 1.29 is 23.1 Å². The zero-order valence-corrected chi connectivity index (χ0v) is 16.3. The Hall–Kier alpha value is -2.30. The number of benzene rings is 1. The van der Waals surface area contributed by atoms with E-state index >= 15 is 0 Å². The van der Waals surface area contributed by atoms with E-state index in [4.69, 9.17) is 5.73 Å². The van der Waals surface area contributed by atoms with Crippen LogP contribution in [0, 0.1) is 0 Å². The molecule has 160 valence electrons. The lowest BCUT2D eigenvalue weighted by Crippen LogP contribution is -2.53. The van der Waals surface area contributed by atoms with Crippen molar-refractivity contribution in [3.63, 3.8) is 0 Å². The predicted octanol–water partition coefficient (Wildman–Crippen LogP) is 1.42. The molecule has 1 saturated heterocycles. The van der Waals surface area contributed by atoms with Crippen molar-refractivity contribution in [3.05, 3.63) is 47.3 Å². The molecule has 29 heavy (non-hydrogen) atoms. The molecule has 0 aromatic heterocycles. The fourth-order valence-corrected chi connectivity index (χ4v) is 3.98. The maximum atomic E-state index is 12.9. The van der Waals surface area contributed by atoms with Crippen LogP contribution >= 0.6 is 0 Å². The largest absolute Gasteiger partial charge is 0.416 e. The van der Waals surface area contributed by atoms with Crippen molar-refractivity contribution in [1.29, 1.82) is 0 Å². The number of nitrogens with zero attached hydrogens (tertiary/aromatic N) is 2. The molecular weight excluding hydrogens is 387 g/mol. The Morgan fingerprint density at radius 3 is 2.55 bits per heavy atom. The average Bonchev–Trinajstić information content (AvgIpc) is 2.99. The number of aliphatic hydroxyl groups is 1. The van der Waals surface area contributed by atoms with Crippen LogP contribution < -0.4 is 16.6 Å². The molecule has 5 N–H and O–H groups in total. The van der Waals surface area contributed by atoms with Crippen LogP contribution in [-0.4, -0.2) is 46.7 Å². The summed E-state index contributed by atoms with van der Waals surface area (Å²) < 4.78 is 38.6. The van der Waals surface area contributed by atoms with Gasteiger partial charge in [0.1, 0.15) is 0 Å². The quantitative estimate of drug-likeness (QED) is 0.584. The maximum absolute atomic E-state index is 12.9. The van der Waals surface area contributed by atoms with Crippen LogP contribution in [0.4, 0.5) is 13.2 Å². The molecule has 1 aromatic carbocycles. The fraction of sp³-hybridized carbons (Fsp3) is 0.526. The van der Waals surface area contributed by atoms with Crippen LogP contribution in [-0.2, 0) is 16.6 Å². The van der Waals surface area contributed by atoms with Crippen LogP contribution in [0.1, 0.15) is 37.3 Å². The second kappa shape index (κ2) is 7.85. The van der Waals surface area contributed by atoms with Crippen molar-refractivity contribution in [1.82, 2.24) is 20.9 Å². The third kappa shape index (κ3) is 4.82. The van der Waals surface area contributed by atoms with E-state index in [0.29, 0.717) is 24.9 Å². The van der Waals surface area contributed by atoms with Crippen molar-refractivity contribution in [2.24, 2.45) is 5.73 Å². The minimum absolute atomic E-state index is 0.0602. The lowest BCUT2D eigenvalue weighted by molar-refractivity contribution is -0.137. The number of halogens is 3. The molecule has 3 atom stereocenters. The Labute approximate surface area is 167 Å². The standard InChI is InChI=1S/C19H26F3N5O2/c1-12-9-18(29,13-3-5-14(6-4-13)19(20,21)22)10-15(24-12)16-11-27(25-26(16)2)8-7-17(23)28/h3-6,11-12,15,24-25,29H,7-10H2,1-2H3,(H2,23,28)/t12-,15-,18?/m0/s1. The Kier molecular flexibility index (Phi) is 5.79. The van der Waals surface area contributed by atoms with Crippen LogP contribution in [0.5, 0.6) is 0 Å². The summed E-state index contributed by atoms with van der Waals surface area (Å²) in [6.07, 6.45) is -1.71. The number of carbonyl (C=O) groups excluding carboxylic acids is 1. The minimum atomic E-state index is -4.41. The topological polar surface area (TPSA) is 93.9 Å². The lowest BCUT2D eigenvalue weighted by Gasteiger charge is -2.42. The highest BCUT2D eigenvalue weighted by molar-refractivity contribution is 5.73. The smallest absolute Gasteiger partial charge is 0.385 e. The number of hydrogen-bond donors (Lipinski definition) is 4. The predicted molar refractivity (Wildman–Crippen MR) is 100 cm³/mol. The van der Waals surface area contributed by atoms with E-state index in [1.807, 2.05) is 20.2 Å². The first-order chi connectivity index (χ1) is 13.5. The number of primary amides is 1. The number of alkyl halides is 3. The third-order valence-electron chi connectivity index (χ3n) is 5.33. The number of nitrogens with one attached hydrogen (secondary N) is 2. The molecule has 3 rings (SSSR count). The van der Waals surface area contributed by atoms with Gasteiger partial charge in [0.2, 0.25) is 5.91 Å². The van der Waals surface area contributed by atoms with E-state index in [2.05, 4.69) is 10.9 Å². The Morgan fingerprint density at radius 1 is 1.31 bits per heavy atom. The first-order valence-corrected chi connectivity index (χ1v) is 9.41. The maximum Gasteiger partial charge on any atom is 0.416 e. The summed E-state index contributed by atoms with van der Waals surface area (Å²) in [5.41, 5.74) is 7.59. The zero-order valence-electron chi connectivity index (χ0n) is 16.3. The molecule has 2 aliphatic heterocycles. The summed E-state index contributed by atoms with van der Waals surface area (Å²) in [5, 5.41) is 18.2. The summed E-state index contributed by atoms with van der Waals surface area (Å²) in [4.78, 5) is 11.0. The van der Waals surface area contributed by atoms with Gasteiger partial charge in [-0.1, -0.05) is 12.1 Å². The van der Waals surface area contributed by atoms with Gasteiger partial charge in [0.15, 0.2) is 0 Å². The number of likely N-dealkylation sites (N-methyl/N-ethyl adjacent to an activating group) is 1. The Bertz CT molecular complexity index is 783. The highest BCUT2D eigenvalue weighted by Crippen LogP contribution is 2.39. The molecule has 7 nitrogen and oxygen atoms in total. The fourth-order valence-electron chi connectivity index (χ4n) is 3.98. The number of rotatable bonds is 5. The van der Waals surface area contributed by atoms with Crippen LogP contribution in [0.3, 0.4) is 0 Å². The summed E-state index contributed by atoms with van der Waals surface area (Å²) in [5.74, 6) is -0.405. The molecule has 1 unspecified atom stereocenters. The van der Waals surface area contributed by atoms with E-state index < -0.39 is 23.2 Å². The van der Waals surface area contributed by atoms with E-state index in [1.165, 1.54) is 12.1 Å². The highest BCUT2D eigenvalue weighted by atomic mass is 19.4. The highest BCUT2D eigenvalue weighted by Gasteiger charge is 2.42. The normalized spacial score (nSPS) is 27.9. The van der Waals surface area contributed by atoms with Gasteiger partial charge in [-0.25, -0.2) is 0 Å². The number of nitrogens with two attached hydrogens (primary N) is 1. The van der Waals surface area contributed by atoms with E-state index in [-0.39, 0.29) is 18.5 Å². The molecule has 2 aliphatic rings. The van der Waals surface area contributed by atoms with Gasteiger partial charge in [-0.2, -0.15) is 13.2 Å². The molecule has 1 amide bonds. The molecular formula is C19H26F3N5O2. The van der Waals surface area contributed by atoms with Gasteiger partial charge >= 0.3 is 6.18 Å². The molecule has 0 radical (unpaired) electrons. The SMILES string of the molecule is C[C@H]1CC(O)(c2ccc(C(F)(F)F)cc2)C[C@@H](C2=CN(CCC(N)=O)NN2C)N1. The minimum Gasteiger partial charge on any atom is -0.385 e. The molecule has 2 heterocycles. The van der Waals surface area contributed by atoms with Gasteiger partial charge < -0.3 is 16.2 Å². The number of hydrogen-bond acceptors (Lipinski definition) is 6. The summed E-state index contributed by atoms with van der Waals surface area (Å²) >= 11 is 0. The summed E-state index contributed by atoms with van der Waals surface area (Å²) in [7, 11) is 1.81. The molecule has 0 spiro atoms. The monoisotopic (exact) mass is 413 g/mol. The number of piperidine rings is 1. The molecule has 10 heteroatoms. The van der Waals surface area contributed by atoms with Crippen molar-refractivity contribution in [3.8, 4) is 0 Å². The Morgan fingerprint density at radius 2 is 1.97 bits per heavy atom. The molecule has 1 fully saturated rings. The van der Waals surface area contributed by atoms with Gasteiger partial charge in [-0.15, -0.1) is 5.53 Å². The van der Waals surface area contributed by atoms with E-state index in [9.17, 15) is 23.1 Å². The number of hydrazine groups is 2. The summed E-state index contributed by atoms with van der Waals surface area (Å²) in [6.45, 7) is 2.32. The molecule has 1 aromatic rings. The summed E-state index contributed by atoms with van der Waals surface area (Å²) in [6, 6.07) is 4.41. The molecule has 0 bridgehead atoms. The zero-order chi connectivity index (χ0) is 21.4. The van der Waals surface area contributed by atoms with E-state index in [0.717, 1.165) is 17.8 Å². The molecule has 0 saturated carbocycles. The first-order valence-electron chi connectivity index (χ1n) is 9.41. The van der Waals surface area contributed by atoms with Gasteiger partial charge in [0.05, 0.1) is 22.9 Å². The Balaban J connectivity index is 1.79. The molecule has 0 aliphatic carbocycles.